The molecule has 1 amide bonds. The van der Waals surface area contributed by atoms with Crippen LogP contribution in [0.15, 0.2) is 24.3 Å². The summed E-state index contributed by atoms with van der Waals surface area (Å²) in [4.78, 5) is 11.5. The first kappa shape index (κ1) is 14.5. The normalized spacial score (nSPS) is 11.1. The summed E-state index contributed by atoms with van der Waals surface area (Å²) < 4.78 is 5.15. The van der Waals surface area contributed by atoms with Gasteiger partial charge in [0.05, 0.1) is 0 Å². The highest BCUT2D eigenvalue weighted by atomic mass is 16.6. The zero-order valence-electron chi connectivity index (χ0n) is 11.2. The molecule has 0 spiro atoms. The van der Waals surface area contributed by atoms with Crippen LogP contribution in [0.4, 0.5) is 4.79 Å². The first-order chi connectivity index (χ1) is 8.40. The summed E-state index contributed by atoms with van der Waals surface area (Å²) in [6.45, 7) is 6.04. The summed E-state index contributed by atoms with van der Waals surface area (Å²) in [7, 11) is 0. The SMILES string of the molecule is CC(C)(C)OC(=O)NCc1cccc(CCO)c1. The van der Waals surface area contributed by atoms with Crippen LogP contribution in [0.5, 0.6) is 0 Å². The van der Waals surface area contributed by atoms with E-state index in [0.717, 1.165) is 11.1 Å². The molecule has 4 heteroatoms. The van der Waals surface area contributed by atoms with Crippen LogP contribution in [-0.2, 0) is 17.7 Å². The monoisotopic (exact) mass is 251 g/mol. The molecule has 4 nitrogen and oxygen atoms in total. The van der Waals surface area contributed by atoms with Gasteiger partial charge in [-0.3, -0.25) is 0 Å². The minimum Gasteiger partial charge on any atom is -0.444 e. The van der Waals surface area contributed by atoms with Gasteiger partial charge < -0.3 is 15.2 Å². The number of carbonyl (C=O) groups is 1. The fraction of sp³-hybridized carbons (Fsp3) is 0.500. The summed E-state index contributed by atoms with van der Waals surface area (Å²) in [6.07, 6.45) is 0.204. The fourth-order valence-electron chi connectivity index (χ4n) is 1.51. The van der Waals surface area contributed by atoms with E-state index in [1.54, 1.807) is 0 Å². The molecule has 0 bridgehead atoms. The molecule has 0 aliphatic rings. The van der Waals surface area contributed by atoms with Crippen molar-refractivity contribution in [3.63, 3.8) is 0 Å². The average Bonchev–Trinajstić information content (AvgIpc) is 2.25. The predicted octanol–water partition coefficient (Wildman–Crippen LogP) is 2.25. The van der Waals surface area contributed by atoms with E-state index < -0.39 is 11.7 Å². The Morgan fingerprint density at radius 1 is 1.33 bits per heavy atom. The Morgan fingerprint density at radius 3 is 2.61 bits per heavy atom. The molecule has 2 N–H and O–H groups in total. The summed E-state index contributed by atoms with van der Waals surface area (Å²) in [6, 6.07) is 7.76. The van der Waals surface area contributed by atoms with E-state index in [2.05, 4.69) is 5.32 Å². The topological polar surface area (TPSA) is 58.6 Å². The summed E-state index contributed by atoms with van der Waals surface area (Å²) in [5.41, 5.74) is 1.57. The second kappa shape index (κ2) is 6.40. The lowest BCUT2D eigenvalue weighted by atomic mass is 10.1. The number of alkyl carbamates (subject to hydrolysis) is 1. The lowest BCUT2D eigenvalue weighted by molar-refractivity contribution is 0.0523. The van der Waals surface area contributed by atoms with Gasteiger partial charge in [-0.2, -0.15) is 0 Å². The van der Waals surface area contributed by atoms with Crippen LogP contribution in [0.2, 0.25) is 0 Å². The Morgan fingerprint density at radius 2 is 2.00 bits per heavy atom. The number of amides is 1. The largest absolute Gasteiger partial charge is 0.444 e. The molecule has 0 atom stereocenters. The van der Waals surface area contributed by atoms with Crippen LogP contribution in [0.1, 0.15) is 31.9 Å². The molecule has 100 valence electrons. The zero-order valence-corrected chi connectivity index (χ0v) is 11.2. The van der Waals surface area contributed by atoms with Crippen LogP contribution in [-0.4, -0.2) is 23.4 Å². The summed E-state index contributed by atoms with van der Waals surface area (Å²) in [5, 5.41) is 11.6. The number of nitrogens with one attached hydrogen (secondary N) is 1. The molecule has 1 aromatic carbocycles. The number of hydrogen-bond donors (Lipinski definition) is 2. The van der Waals surface area contributed by atoms with Gasteiger partial charge in [-0.05, 0) is 38.3 Å². The molecule has 18 heavy (non-hydrogen) atoms. The van der Waals surface area contributed by atoms with Crippen molar-refractivity contribution in [1.82, 2.24) is 5.32 Å². The highest BCUT2D eigenvalue weighted by Gasteiger charge is 2.15. The van der Waals surface area contributed by atoms with E-state index in [-0.39, 0.29) is 6.61 Å². The summed E-state index contributed by atoms with van der Waals surface area (Å²) in [5.74, 6) is 0. The number of aliphatic hydroxyl groups excluding tert-OH is 1. The standard InChI is InChI=1S/C14H21NO3/c1-14(2,3)18-13(17)15-10-12-6-4-5-11(9-12)7-8-16/h4-6,9,16H,7-8,10H2,1-3H3,(H,15,17). The molecule has 0 aliphatic heterocycles. The number of benzene rings is 1. The van der Waals surface area contributed by atoms with E-state index in [1.807, 2.05) is 45.0 Å². The maximum absolute atomic E-state index is 11.5. The van der Waals surface area contributed by atoms with Crippen LogP contribution < -0.4 is 5.32 Å². The molecule has 0 aliphatic carbocycles. The molecule has 1 aromatic rings. The van der Waals surface area contributed by atoms with Gasteiger partial charge in [-0.25, -0.2) is 4.79 Å². The highest BCUT2D eigenvalue weighted by Crippen LogP contribution is 2.08. The van der Waals surface area contributed by atoms with Crippen molar-refractivity contribution in [3.05, 3.63) is 35.4 Å². The molecule has 1 rings (SSSR count). The third-order valence-corrected chi connectivity index (χ3v) is 2.23. The van der Waals surface area contributed by atoms with E-state index in [0.29, 0.717) is 13.0 Å². The van der Waals surface area contributed by atoms with Crippen molar-refractivity contribution < 1.29 is 14.6 Å². The Labute approximate surface area is 108 Å². The van der Waals surface area contributed by atoms with Gasteiger partial charge >= 0.3 is 6.09 Å². The molecular weight excluding hydrogens is 230 g/mol. The fourth-order valence-corrected chi connectivity index (χ4v) is 1.51. The van der Waals surface area contributed by atoms with Crippen LogP contribution in [0, 0.1) is 0 Å². The van der Waals surface area contributed by atoms with Gasteiger partial charge in [-0.1, -0.05) is 24.3 Å². The molecule has 0 saturated heterocycles. The van der Waals surface area contributed by atoms with Crippen molar-refractivity contribution >= 4 is 6.09 Å². The minimum atomic E-state index is -0.483. The first-order valence-corrected chi connectivity index (χ1v) is 6.06. The molecule has 0 heterocycles. The van der Waals surface area contributed by atoms with Gasteiger partial charge in [0.25, 0.3) is 0 Å². The second-order valence-electron chi connectivity index (χ2n) is 5.15. The van der Waals surface area contributed by atoms with E-state index in [4.69, 9.17) is 9.84 Å². The van der Waals surface area contributed by atoms with Crippen LogP contribution in [0.25, 0.3) is 0 Å². The van der Waals surface area contributed by atoms with Crippen LogP contribution >= 0.6 is 0 Å². The van der Waals surface area contributed by atoms with Crippen molar-refractivity contribution in [3.8, 4) is 0 Å². The van der Waals surface area contributed by atoms with E-state index in [9.17, 15) is 4.79 Å². The Hall–Kier alpha value is -1.55. The third kappa shape index (κ3) is 5.68. The van der Waals surface area contributed by atoms with Crippen molar-refractivity contribution in [1.29, 1.82) is 0 Å². The van der Waals surface area contributed by atoms with E-state index >= 15 is 0 Å². The predicted molar refractivity (Wildman–Crippen MR) is 70.3 cm³/mol. The van der Waals surface area contributed by atoms with Gasteiger partial charge in [-0.15, -0.1) is 0 Å². The molecule has 0 fully saturated rings. The smallest absolute Gasteiger partial charge is 0.407 e. The van der Waals surface area contributed by atoms with Crippen LogP contribution in [0.3, 0.4) is 0 Å². The Bertz CT molecular complexity index is 396. The average molecular weight is 251 g/mol. The number of hydrogen-bond acceptors (Lipinski definition) is 3. The van der Waals surface area contributed by atoms with Crippen molar-refractivity contribution in [2.75, 3.05) is 6.61 Å². The lowest BCUT2D eigenvalue weighted by Gasteiger charge is -2.19. The van der Waals surface area contributed by atoms with Gasteiger partial charge in [0.1, 0.15) is 5.60 Å². The number of ether oxygens (including phenoxy) is 1. The lowest BCUT2D eigenvalue weighted by Crippen LogP contribution is -2.32. The molecule has 0 radical (unpaired) electrons. The molecule has 0 unspecified atom stereocenters. The van der Waals surface area contributed by atoms with Gasteiger partial charge in [0.15, 0.2) is 0 Å². The Kier molecular flexibility index (Phi) is 5.16. The third-order valence-electron chi connectivity index (χ3n) is 2.23. The first-order valence-electron chi connectivity index (χ1n) is 6.06. The van der Waals surface area contributed by atoms with Gasteiger partial charge in [0, 0.05) is 13.2 Å². The number of rotatable bonds is 4. The van der Waals surface area contributed by atoms with Gasteiger partial charge in [0.2, 0.25) is 0 Å². The quantitative estimate of drug-likeness (QED) is 0.863. The van der Waals surface area contributed by atoms with Crippen molar-refractivity contribution in [2.24, 2.45) is 0 Å². The highest BCUT2D eigenvalue weighted by molar-refractivity contribution is 5.67. The maximum atomic E-state index is 11.5. The second-order valence-corrected chi connectivity index (χ2v) is 5.15. The van der Waals surface area contributed by atoms with E-state index in [1.165, 1.54) is 0 Å². The number of carbonyl (C=O) groups excluding carboxylic acids is 1. The minimum absolute atomic E-state index is 0.128. The summed E-state index contributed by atoms with van der Waals surface area (Å²) >= 11 is 0. The maximum Gasteiger partial charge on any atom is 0.407 e. The molecular formula is C14H21NO3. The number of aliphatic hydroxyl groups is 1. The zero-order chi connectivity index (χ0) is 13.6. The molecule has 0 aromatic heterocycles. The van der Waals surface area contributed by atoms with Crippen molar-refractivity contribution in [2.45, 2.75) is 39.3 Å². The Balaban J connectivity index is 2.48. The molecule has 0 saturated carbocycles.